The largest absolute Gasteiger partial charge is 0.371 e. The van der Waals surface area contributed by atoms with E-state index in [-0.39, 0.29) is 28.6 Å². The third-order valence-electron chi connectivity index (χ3n) is 5.11. The van der Waals surface area contributed by atoms with Gasteiger partial charge in [-0.25, -0.2) is 9.82 Å². The Labute approximate surface area is 156 Å². The highest BCUT2D eigenvalue weighted by atomic mass is 79.9. The van der Waals surface area contributed by atoms with Crippen molar-refractivity contribution in [2.24, 2.45) is 11.8 Å². The van der Waals surface area contributed by atoms with Crippen molar-refractivity contribution in [2.75, 3.05) is 24.5 Å². The number of carbonyl (C=O) groups excluding carboxylic acids is 1. The number of halogens is 2. The number of rotatable bonds is 5. The van der Waals surface area contributed by atoms with Crippen LogP contribution in [0.15, 0.2) is 24.3 Å². The Bertz CT molecular complexity index is 597. The van der Waals surface area contributed by atoms with E-state index >= 15 is 0 Å². The van der Waals surface area contributed by atoms with Gasteiger partial charge in [0.05, 0.1) is 4.83 Å². The number of hydrogen-bond donors (Lipinski definition) is 3. The van der Waals surface area contributed by atoms with Gasteiger partial charge >= 0.3 is 0 Å². The quantitative estimate of drug-likeness (QED) is 0.647. The van der Waals surface area contributed by atoms with Crippen LogP contribution in [0.5, 0.6) is 0 Å². The molecule has 0 aromatic heterocycles. The summed E-state index contributed by atoms with van der Waals surface area (Å²) < 4.78 is 13.0. The molecule has 2 saturated heterocycles. The van der Waals surface area contributed by atoms with Crippen LogP contribution in [0, 0.1) is 17.7 Å². The molecule has 3 rings (SSSR count). The lowest BCUT2D eigenvalue weighted by Gasteiger charge is -2.21. The Morgan fingerprint density at radius 1 is 1.36 bits per heavy atom. The second-order valence-corrected chi connectivity index (χ2v) is 8.36. The molecule has 2 fully saturated rings. The van der Waals surface area contributed by atoms with E-state index in [2.05, 4.69) is 50.8 Å². The molecule has 1 aromatic rings. The van der Waals surface area contributed by atoms with Crippen molar-refractivity contribution in [2.45, 2.75) is 37.2 Å². The van der Waals surface area contributed by atoms with Crippen molar-refractivity contribution in [1.29, 1.82) is 0 Å². The van der Waals surface area contributed by atoms with Gasteiger partial charge in [-0.2, -0.15) is 0 Å². The fourth-order valence-corrected chi connectivity index (χ4v) is 4.65. The predicted molar refractivity (Wildman–Crippen MR) is 101 cm³/mol. The molecule has 0 radical (unpaired) electrons. The van der Waals surface area contributed by atoms with Crippen molar-refractivity contribution in [3.63, 3.8) is 0 Å². The first kappa shape index (κ1) is 18.6. The number of hydrazine groups is 1. The fraction of sp³-hybridized carbons (Fsp3) is 0.611. The number of benzene rings is 1. The van der Waals surface area contributed by atoms with Gasteiger partial charge in [0.2, 0.25) is 5.91 Å². The standard InChI is InChI=1S/C18H26BrFN4O/c1-11(2)16-15(19)17(23-22-16)18(25)21-9-12-7-8-24(10-12)14-5-3-13(20)4-6-14/h3-6,11-12,15-17,22-23H,7-10H2,1-2H3,(H,21,25). The molecule has 138 valence electrons. The zero-order valence-corrected chi connectivity index (χ0v) is 16.2. The van der Waals surface area contributed by atoms with Gasteiger partial charge in [-0.3, -0.25) is 10.2 Å². The zero-order valence-electron chi connectivity index (χ0n) is 14.6. The van der Waals surface area contributed by atoms with E-state index in [1.165, 1.54) is 12.1 Å². The zero-order chi connectivity index (χ0) is 18.0. The van der Waals surface area contributed by atoms with Crippen LogP contribution in [0.4, 0.5) is 10.1 Å². The monoisotopic (exact) mass is 412 g/mol. The van der Waals surface area contributed by atoms with E-state index in [0.29, 0.717) is 18.4 Å². The molecule has 2 aliphatic rings. The van der Waals surface area contributed by atoms with Crippen LogP contribution in [-0.4, -0.2) is 42.5 Å². The summed E-state index contributed by atoms with van der Waals surface area (Å²) in [6, 6.07) is 6.57. The Morgan fingerprint density at radius 2 is 2.08 bits per heavy atom. The van der Waals surface area contributed by atoms with Crippen LogP contribution >= 0.6 is 15.9 Å². The van der Waals surface area contributed by atoms with Gasteiger partial charge in [0.1, 0.15) is 11.9 Å². The van der Waals surface area contributed by atoms with Gasteiger partial charge in [-0.05, 0) is 42.5 Å². The molecule has 2 aliphatic heterocycles. The summed E-state index contributed by atoms with van der Waals surface area (Å²) in [6.07, 6.45) is 1.03. The van der Waals surface area contributed by atoms with Gasteiger partial charge in [-0.15, -0.1) is 0 Å². The van der Waals surface area contributed by atoms with Gasteiger partial charge < -0.3 is 10.2 Å². The Hall–Kier alpha value is -1.18. The molecule has 0 spiro atoms. The molecule has 1 aromatic carbocycles. The summed E-state index contributed by atoms with van der Waals surface area (Å²) in [7, 11) is 0. The number of alkyl halides is 1. The maximum Gasteiger partial charge on any atom is 0.239 e. The maximum absolute atomic E-state index is 13.0. The Morgan fingerprint density at radius 3 is 2.72 bits per heavy atom. The van der Waals surface area contributed by atoms with Crippen LogP contribution in [0.25, 0.3) is 0 Å². The number of nitrogens with zero attached hydrogens (tertiary/aromatic N) is 1. The SMILES string of the molecule is CC(C)C1NNC(C(=O)NCC2CCN(c3ccc(F)cc3)C2)C1Br. The molecule has 1 amide bonds. The second kappa shape index (κ2) is 8.01. The third-order valence-corrected chi connectivity index (χ3v) is 6.21. The molecule has 7 heteroatoms. The first-order valence-corrected chi connectivity index (χ1v) is 9.80. The van der Waals surface area contributed by atoms with Crippen LogP contribution < -0.4 is 21.1 Å². The van der Waals surface area contributed by atoms with E-state index in [0.717, 1.165) is 25.2 Å². The molecule has 4 unspecified atom stereocenters. The Kier molecular flexibility index (Phi) is 5.96. The first-order valence-electron chi connectivity index (χ1n) is 8.89. The van der Waals surface area contributed by atoms with Gasteiger partial charge in [0.25, 0.3) is 0 Å². The number of anilines is 1. The van der Waals surface area contributed by atoms with E-state index in [9.17, 15) is 9.18 Å². The first-order chi connectivity index (χ1) is 12.0. The van der Waals surface area contributed by atoms with Crippen LogP contribution in [0.2, 0.25) is 0 Å². The molecular formula is C18H26BrFN4O. The Balaban J connectivity index is 1.46. The topological polar surface area (TPSA) is 56.4 Å². The van der Waals surface area contributed by atoms with Crippen LogP contribution in [0.3, 0.4) is 0 Å². The minimum Gasteiger partial charge on any atom is -0.371 e. The van der Waals surface area contributed by atoms with Crippen molar-refractivity contribution in [1.82, 2.24) is 16.2 Å². The smallest absolute Gasteiger partial charge is 0.239 e. The van der Waals surface area contributed by atoms with Crippen molar-refractivity contribution in [3.05, 3.63) is 30.1 Å². The fourth-order valence-electron chi connectivity index (χ4n) is 3.54. The number of hydrogen-bond acceptors (Lipinski definition) is 4. The highest BCUT2D eigenvalue weighted by molar-refractivity contribution is 9.09. The summed E-state index contributed by atoms with van der Waals surface area (Å²) in [6.45, 7) is 6.76. The van der Waals surface area contributed by atoms with E-state index < -0.39 is 0 Å². The highest BCUT2D eigenvalue weighted by Crippen LogP contribution is 2.24. The lowest BCUT2D eigenvalue weighted by Crippen LogP contribution is -2.47. The van der Waals surface area contributed by atoms with Crippen LogP contribution in [0.1, 0.15) is 20.3 Å². The van der Waals surface area contributed by atoms with E-state index in [4.69, 9.17) is 0 Å². The summed E-state index contributed by atoms with van der Waals surface area (Å²) in [5.41, 5.74) is 7.34. The summed E-state index contributed by atoms with van der Waals surface area (Å²) in [5, 5.41) is 3.08. The molecule has 0 saturated carbocycles. The lowest BCUT2D eigenvalue weighted by atomic mass is 9.99. The summed E-state index contributed by atoms with van der Waals surface area (Å²) in [5.74, 6) is 0.665. The predicted octanol–water partition coefficient (Wildman–Crippen LogP) is 2.03. The average molecular weight is 413 g/mol. The van der Waals surface area contributed by atoms with Crippen molar-refractivity contribution >= 4 is 27.5 Å². The lowest BCUT2D eigenvalue weighted by molar-refractivity contribution is -0.122. The van der Waals surface area contributed by atoms with Gasteiger partial charge in [0.15, 0.2) is 0 Å². The average Bonchev–Trinajstić information content (AvgIpc) is 3.20. The molecule has 4 atom stereocenters. The third kappa shape index (κ3) is 4.33. The normalized spacial score (nSPS) is 29.4. The molecule has 3 N–H and O–H groups in total. The maximum atomic E-state index is 13.0. The molecule has 5 nitrogen and oxygen atoms in total. The number of amides is 1. The van der Waals surface area contributed by atoms with Crippen molar-refractivity contribution in [3.8, 4) is 0 Å². The molecule has 25 heavy (non-hydrogen) atoms. The van der Waals surface area contributed by atoms with Gasteiger partial charge in [0, 0.05) is 31.4 Å². The molecular weight excluding hydrogens is 387 g/mol. The second-order valence-electron chi connectivity index (χ2n) is 7.30. The number of nitrogens with one attached hydrogen (secondary N) is 3. The minimum absolute atomic E-state index is 0.0257. The van der Waals surface area contributed by atoms with Crippen molar-refractivity contribution < 1.29 is 9.18 Å². The number of carbonyl (C=O) groups is 1. The molecule has 0 aliphatic carbocycles. The van der Waals surface area contributed by atoms with E-state index in [1.54, 1.807) is 0 Å². The van der Waals surface area contributed by atoms with Crippen LogP contribution in [-0.2, 0) is 4.79 Å². The minimum atomic E-state index is -0.262. The summed E-state index contributed by atoms with van der Waals surface area (Å²) >= 11 is 3.65. The molecule has 2 heterocycles. The summed E-state index contributed by atoms with van der Waals surface area (Å²) in [4.78, 5) is 14.8. The van der Waals surface area contributed by atoms with E-state index in [1.807, 2.05) is 12.1 Å². The molecule has 0 bridgehead atoms. The highest BCUT2D eigenvalue weighted by Gasteiger charge is 2.39. The van der Waals surface area contributed by atoms with Gasteiger partial charge in [-0.1, -0.05) is 29.8 Å².